The molecule has 1 aromatic heterocycles. The molecule has 1 amide bonds. The summed E-state index contributed by atoms with van der Waals surface area (Å²) in [5, 5.41) is 12.1. The fourth-order valence-corrected chi connectivity index (χ4v) is 5.16. The number of hydrogen-bond donors (Lipinski definition) is 1. The van der Waals surface area contributed by atoms with E-state index in [4.69, 9.17) is 16.3 Å². The third kappa shape index (κ3) is 3.65. The Hall–Kier alpha value is -3.68. The van der Waals surface area contributed by atoms with E-state index in [1.165, 1.54) is 23.3 Å². The number of benzene rings is 3. The Morgan fingerprint density at radius 3 is 2.61 bits per heavy atom. The maximum atomic E-state index is 13.2. The lowest BCUT2D eigenvalue weighted by molar-refractivity contribution is -0.132. The number of aliphatic hydroxyl groups excluding tert-OH is 1. The molecule has 1 unspecified atom stereocenters. The highest BCUT2D eigenvalue weighted by Crippen LogP contribution is 2.44. The number of hydrogen-bond acceptors (Lipinski definition) is 6. The second kappa shape index (κ2) is 8.35. The molecule has 0 saturated carbocycles. The summed E-state index contributed by atoms with van der Waals surface area (Å²) in [4.78, 5) is 32.4. The minimum Gasteiger partial charge on any atom is -0.507 e. The highest BCUT2D eigenvalue weighted by atomic mass is 35.5. The van der Waals surface area contributed by atoms with Crippen molar-refractivity contribution in [1.82, 2.24) is 4.98 Å². The SMILES string of the molecule is COc1cccc(C(O)=C2C(=O)C(=O)N(c3nc4ccc(Cl)cc4s3)C2c2ccccc2)c1. The molecule has 4 aromatic rings. The third-order valence-electron chi connectivity index (χ3n) is 5.45. The van der Waals surface area contributed by atoms with Gasteiger partial charge in [-0.2, -0.15) is 0 Å². The number of fused-ring (bicyclic) bond motifs is 1. The van der Waals surface area contributed by atoms with Crippen molar-refractivity contribution in [2.75, 3.05) is 12.0 Å². The Morgan fingerprint density at radius 2 is 1.85 bits per heavy atom. The molecule has 1 aliphatic rings. The van der Waals surface area contributed by atoms with Gasteiger partial charge in [-0.1, -0.05) is 65.4 Å². The normalized spacial score (nSPS) is 17.6. The Kier molecular flexibility index (Phi) is 5.36. The Bertz CT molecular complexity index is 1430. The molecule has 1 fully saturated rings. The number of aromatic nitrogens is 1. The monoisotopic (exact) mass is 476 g/mol. The van der Waals surface area contributed by atoms with E-state index in [0.717, 1.165) is 4.70 Å². The maximum Gasteiger partial charge on any atom is 0.301 e. The first-order valence-corrected chi connectivity index (χ1v) is 11.2. The number of amides is 1. The van der Waals surface area contributed by atoms with E-state index in [2.05, 4.69) is 4.98 Å². The average Bonchev–Trinajstić information content (AvgIpc) is 3.37. The summed E-state index contributed by atoms with van der Waals surface area (Å²) in [6.45, 7) is 0. The second-order valence-electron chi connectivity index (χ2n) is 7.42. The number of ketones is 1. The van der Waals surface area contributed by atoms with Gasteiger partial charge >= 0.3 is 5.91 Å². The molecule has 1 atom stereocenters. The molecule has 1 saturated heterocycles. The van der Waals surface area contributed by atoms with Crippen LogP contribution in [0.1, 0.15) is 17.2 Å². The van der Waals surface area contributed by atoms with Crippen molar-refractivity contribution < 1.29 is 19.4 Å². The quantitative estimate of drug-likeness (QED) is 0.236. The van der Waals surface area contributed by atoms with Crippen LogP contribution in [0.15, 0.2) is 78.4 Å². The van der Waals surface area contributed by atoms with Crippen LogP contribution in [-0.2, 0) is 9.59 Å². The van der Waals surface area contributed by atoms with Crippen LogP contribution < -0.4 is 9.64 Å². The van der Waals surface area contributed by atoms with E-state index in [-0.39, 0.29) is 11.3 Å². The lowest BCUT2D eigenvalue weighted by Crippen LogP contribution is -2.29. The first kappa shape index (κ1) is 21.2. The Balaban J connectivity index is 1.72. The van der Waals surface area contributed by atoms with Crippen molar-refractivity contribution in [2.45, 2.75) is 6.04 Å². The molecule has 0 spiro atoms. The average molecular weight is 477 g/mol. The van der Waals surface area contributed by atoms with Gasteiger partial charge in [0.1, 0.15) is 11.5 Å². The van der Waals surface area contributed by atoms with Crippen molar-refractivity contribution in [3.63, 3.8) is 0 Å². The standard InChI is InChI=1S/C25H17ClN2O4S/c1-32-17-9-5-8-15(12-17)22(29)20-21(14-6-3-2-4-7-14)28(24(31)23(20)30)25-27-18-11-10-16(26)13-19(18)33-25/h2-13,21,29H,1H3. The molecule has 6 nitrogen and oxygen atoms in total. The molecule has 0 bridgehead atoms. The number of aliphatic hydroxyl groups is 1. The predicted octanol–water partition coefficient (Wildman–Crippen LogP) is 5.58. The van der Waals surface area contributed by atoms with Crippen LogP contribution in [0.25, 0.3) is 16.0 Å². The first-order valence-electron chi connectivity index (χ1n) is 10.0. The molecule has 164 valence electrons. The zero-order valence-corrected chi connectivity index (χ0v) is 18.9. The van der Waals surface area contributed by atoms with E-state index in [9.17, 15) is 14.7 Å². The van der Waals surface area contributed by atoms with Crippen LogP contribution in [0.2, 0.25) is 5.02 Å². The number of ether oxygens (including phenoxy) is 1. The number of Topliss-reactive ketones (excluding diaryl/α,β-unsaturated/α-hetero) is 1. The smallest absolute Gasteiger partial charge is 0.301 e. The lowest BCUT2D eigenvalue weighted by Gasteiger charge is -2.22. The van der Waals surface area contributed by atoms with Gasteiger partial charge in [0.25, 0.3) is 5.78 Å². The molecule has 2 heterocycles. The minimum atomic E-state index is -0.839. The number of methoxy groups -OCH3 is 1. The second-order valence-corrected chi connectivity index (χ2v) is 8.87. The topological polar surface area (TPSA) is 79.7 Å². The Labute approximate surface area is 198 Å². The molecule has 1 aliphatic heterocycles. The van der Waals surface area contributed by atoms with Crippen molar-refractivity contribution in [3.05, 3.63) is 94.5 Å². The highest BCUT2D eigenvalue weighted by Gasteiger charge is 2.48. The Morgan fingerprint density at radius 1 is 1.06 bits per heavy atom. The van der Waals surface area contributed by atoms with E-state index in [1.807, 2.05) is 30.3 Å². The van der Waals surface area contributed by atoms with Crippen LogP contribution in [-0.4, -0.2) is 28.9 Å². The number of nitrogens with zero attached hydrogens (tertiary/aromatic N) is 2. The summed E-state index contributed by atoms with van der Waals surface area (Å²) in [5.41, 5.74) is 1.72. The molecule has 1 N–H and O–H groups in total. The molecule has 0 radical (unpaired) electrons. The summed E-state index contributed by atoms with van der Waals surface area (Å²) in [6.07, 6.45) is 0. The fraction of sp³-hybridized carbons (Fsp3) is 0.0800. The molecular weight excluding hydrogens is 460 g/mol. The van der Waals surface area contributed by atoms with Crippen LogP contribution in [0.5, 0.6) is 5.75 Å². The number of rotatable bonds is 4. The van der Waals surface area contributed by atoms with Gasteiger partial charge in [-0.15, -0.1) is 0 Å². The van der Waals surface area contributed by atoms with Gasteiger partial charge in [-0.25, -0.2) is 4.98 Å². The van der Waals surface area contributed by atoms with Gasteiger partial charge in [-0.05, 0) is 35.9 Å². The zero-order valence-electron chi connectivity index (χ0n) is 17.4. The van der Waals surface area contributed by atoms with Gasteiger partial charge in [-0.3, -0.25) is 14.5 Å². The fourth-order valence-electron chi connectivity index (χ4n) is 3.90. The summed E-state index contributed by atoms with van der Waals surface area (Å²) >= 11 is 7.38. The zero-order chi connectivity index (χ0) is 23.1. The van der Waals surface area contributed by atoms with E-state index in [1.54, 1.807) is 42.5 Å². The van der Waals surface area contributed by atoms with Crippen molar-refractivity contribution in [3.8, 4) is 5.75 Å². The third-order valence-corrected chi connectivity index (χ3v) is 6.70. The van der Waals surface area contributed by atoms with E-state index < -0.39 is 17.7 Å². The summed E-state index contributed by atoms with van der Waals surface area (Å²) in [7, 11) is 1.52. The summed E-state index contributed by atoms with van der Waals surface area (Å²) in [6, 6.07) is 20.2. The van der Waals surface area contributed by atoms with Gasteiger partial charge < -0.3 is 9.84 Å². The molecule has 0 aliphatic carbocycles. The molecular formula is C25H17ClN2O4S. The molecule has 3 aromatic carbocycles. The molecule has 33 heavy (non-hydrogen) atoms. The van der Waals surface area contributed by atoms with Crippen molar-refractivity contribution >= 4 is 55.7 Å². The van der Waals surface area contributed by atoms with Crippen LogP contribution in [0.3, 0.4) is 0 Å². The van der Waals surface area contributed by atoms with Crippen molar-refractivity contribution in [1.29, 1.82) is 0 Å². The minimum absolute atomic E-state index is 0.00302. The number of halogens is 1. The van der Waals surface area contributed by atoms with Crippen LogP contribution in [0.4, 0.5) is 5.13 Å². The highest BCUT2D eigenvalue weighted by molar-refractivity contribution is 7.22. The van der Waals surface area contributed by atoms with Crippen LogP contribution >= 0.6 is 22.9 Å². The van der Waals surface area contributed by atoms with E-state index in [0.29, 0.717) is 32.5 Å². The van der Waals surface area contributed by atoms with Crippen LogP contribution in [0, 0.1) is 0 Å². The van der Waals surface area contributed by atoms with Crippen molar-refractivity contribution in [2.24, 2.45) is 0 Å². The molecule has 8 heteroatoms. The maximum absolute atomic E-state index is 13.2. The number of anilines is 1. The number of carbonyl (C=O) groups excluding carboxylic acids is 2. The summed E-state index contributed by atoms with van der Waals surface area (Å²) in [5.74, 6) is -1.28. The lowest BCUT2D eigenvalue weighted by atomic mass is 9.95. The van der Waals surface area contributed by atoms with Gasteiger partial charge in [0.15, 0.2) is 5.13 Å². The first-order chi connectivity index (χ1) is 16.0. The largest absolute Gasteiger partial charge is 0.507 e. The predicted molar refractivity (Wildman–Crippen MR) is 129 cm³/mol. The van der Waals surface area contributed by atoms with Gasteiger partial charge in [0, 0.05) is 10.6 Å². The number of thiazole rings is 1. The van der Waals surface area contributed by atoms with Gasteiger partial charge in [0.2, 0.25) is 0 Å². The summed E-state index contributed by atoms with van der Waals surface area (Å²) < 4.78 is 6.04. The number of carbonyl (C=O) groups is 2. The van der Waals surface area contributed by atoms with E-state index >= 15 is 0 Å². The van der Waals surface area contributed by atoms with Gasteiger partial charge in [0.05, 0.1) is 28.9 Å². The molecule has 5 rings (SSSR count).